The summed E-state index contributed by atoms with van der Waals surface area (Å²) in [6.45, 7) is 5.47. The third-order valence-electron chi connectivity index (χ3n) is 3.80. The Morgan fingerprint density at radius 1 is 1.12 bits per heavy atom. The molecule has 0 aliphatic carbocycles. The van der Waals surface area contributed by atoms with Crippen LogP contribution in [0.4, 0.5) is 10.5 Å². The number of anilines is 1. The van der Waals surface area contributed by atoms with Crippen molar-refractivity contribution in [3.8, 4) is 0 Å². The van der Waals surface area contributed by atoms with Gasteiger partial charge in [-0.05, 0) is 37.1 Å². The van der Waals surface area contributed by atoms with Gasteiger partial charge < -0.3 is 15.4 Å². The highest BCUT2D eigenvalue weighted by Gasteiger charge is 2.07. The largest absolute Gasteiger partial charge is 0.453 e. The van der Waals surface area contributed by atoms with E-state index in [4.69, 9.17) is 0 Å². The Morgan fingerprint density at radius 3 is 2.42 bits per heavy atom. The minimum absolute atomic E-state index is 0.153. The van der Waals surface area contributed by atoms with Crippen molar-refractivity contribution in [1.29, 1.82) is 0 Å². The van der Waals surface area contributed by atoms with Crippen molar-refractivity contribution < 1.29 is 9.53 Å². The van der Waals surface area contributed by atoms with Gasteiger partial charge in [-0.15, -0.1) is 0 Å². The second kappa shape index (κ2) is 10.1. The number of nitrogens with one attached hydrogen (secondary N) is 3. The number of guanidine groups is 1. The number of benzene rings is 2. The zero-order valence-corrected chi connectivity index (χ0v) is 15.5. The van der Waals surface area contributed by atoms with Crippen LogP contribution in [0.1, 0.15) is 31.0 Å². The summed E-state index contributed by atoms with van der Waals surface area (Å²) in [4.78, 5) is 15.8. The molecule has 0 spiro atoms. The molecule has 2 aromatic carbocycles. The summed E-state index contributed by atoms with van der Waals surface area (Å²) in [5.41, 5.74) is 2.94. The zero-order chi connectivity index (χ0) is 18.8. The molecular formula is C20H26N4O2. The Labute approximate surface area is 154 Å². The number of hydrogen-bond acceptors (Lipinski definition) is 3. The Hall–Kier alpha value is -3.02. The van der Waals surface area contributed by atoms with Crippen molar-refractivity contribution in [1.82, 2.24) is 10.6 Å². The molecule has 0 fully saturated rings. The number of aliphatic imine (C=N–C) groups is 1. The summed E-state index contributed by atoms with van der Waals surface area (Å²) in [7, 11) is 1.34. The highest BCUT2D eigenvalue weighted by Crippen LogP contribution is 2.12. The molecule has 0 radical (unpaired) electrons. The van der Waals surface area contributed by atoms with Crippen LogP contribution >= 0.6 is 0 Å². The van der Waals surface area contributed by atoms with Gasteiger partial charge in [0, 0.05) is 12.2 Å². The molecule has 6 nitrogen and oxygen atoms in total. The molecular weight excluding hydrogens is 328 g/mol. The summed E-state index contributed by atoms with van der Waals surface area (Å²) in [6, 6.07) is 17.9. The lowest BCUT2D eigenvalue weighted by molar-refractivity contribution is 0.187. The predicted molar refractivity (Wildman–Crippen MR) is 105 cm³/mol. The molecule has 26 heavy (non-hydrogen) atoms. The Balaban J connectivity index is 1.98. The van der Waals surface area contributed by atoms with Crippen LogP contribution in [-0.4, -0.2) is 25.7 Å². The first-order valence-corrected chi connectivity index (χ1v) is 8.66. The van der Waals surface area contributed by atoms with Gasteiger partial charge in [0.05, 0.1) is 19.7 Å². The van der Waals surface area contributed by atoms with E-state index in [-0.39, 0.29) is 6.04 Å². The van der Waals surface area contributed by atoms with Gasteiger partial charge in [0.1, 0.15) is 0 Å². The Kier molecular flexibility index (Phi) is 7.49. The number of hydrogen-bond donors (Lipinski definition) is 3. The molecule has 0 heterocycles. The second-order valence-corrected chi connectivity index (χ2v) is 5.79. The highest BCUT2D eigenvalue weighted by atomic mass is 16.5. The zero-order valence-electron chi connectivity index (χ0n) is 15.5. The van der Waals surface area contributed by atoms with Gasteiger partial charge in [-0.3, -0.25) is 5.32 Å². The minimum Gasteiger partial charge on any atom is -0.453 e. The number of amides is 1. The average Bonchev–Trinajstić information content (AvgIpc) is 2.68. The third kappa shape index (κ3) is 6.12. The Bertz CT molecular complexity index is 714. The van der Waals surface area contributed by atoms with E-state index in [1.807, 2.05) is 49.4 Å². The smallest absolute Gasteiger partial charge is 0.411 e. The van der Waals surface area contributed by atoms with Crippen LogP contribution in [0.3, 0.4) is 0 Å². The molecule has 0 aliphatic heterocycles. The summed E-state index contributed by atoms with van der Waals surface area (Å²) >= 11 is 0. The molecule has 2 rings (SSSR count). The summed E-state index contributed by atoms with van der Waals surface area (Å²) in [5, 5.41) is 9.31. The molecule has 138 valence electrons. The number of carbonyl (C=O) groups is 1. The van der Waals surface area contributed by atoms with E-state index in [0.717, 1.165) is 18.1 Å². The van der Waals surface area contributed by atoms with Crippen molar-refractivity contribution in [2.45, 2.75) is 26.4 Å². The molecule has 2 aromatic rings. The van der Waals surface area contributed by atoms with Gasteiger partial charge in [0.2, 0.25) is 0 Å². The fraction of sp³-hybridized carbons (Fsp3) is 0.300. The third-order valence-corrected chi connectivity index (χ3v) is 3.80. The van der Waals surface area contributed by atoms with Crippen molar-refractivity contribution in [3.63, 3.8) is 0 Å². The molecule has 0 bridgehead atoms. The van der Waals surface area contributed by atoms with Crippen LogP contribution in [0.15, 0.2) is 59.6 Å². The molecule has 3 N–H and O–H groups in total. The van der Waals surface area contributed by atoms with E-state index in [9.17, 15) is 4.79 Å². The number of rotatable bonds is 6. The van der Waals surface area contributed by atoms with Crippen molar-refractivity contribution in [3.05, 3.63) is 65.7 Å². The molecule has 0 aliphatic rings. The average molecular weight is 354 g/mol. The maximum Gasteiger partial charge on any atom is 0.411 e. The fourth-order valence-corrected chi connectivity index (χ4v) is 2.38. The van der Waals surface area contributed by atoms with Gasteiger partial charge in [-0.2, -0.15) is 0 Å². The van der Waals surface area contributed by atoms with Gasteiger partial charge in [-0.25, -0.2) is 9.79 Å². The first kappa shape index (κ1) is 19.3. The van der Waals surface area contributed by atoms with Gasteiger partial charge in [-0.1, -0.05) is 42.5 Å². The van der Waals surface area contributed by atoms with E-state index in [0.29, 0.717) is 12.2 Å². The Morgan fingerprint density at radius 2 is 1.81 bits per heavy atom. The van der Waals surface area contributed by atoms with Gasteiger partial charge in [0.15, 0.2) is 5.96 Å². The number of ether oxygens (including phenoxy) is 1. The number of carbonyl (C=O) groups excluding carboxylic acids is 1. The molecule has 6 heteroatoms. The van der Waals surface area contributed by atoms with E-state index < -0.39 is 6.09 Å². The van der Waals surface area contributed by atoms with E-state index in [2.05, 4.69) is 44.7 Å². The van der Waals surface area contributed by atoms with Crippen LogP contribution in [0, 0.1) is 0 Å². The molecule has 1 atom stereocenters. The van der Waals surface area contributed by atoms with Crippen LogP contribution in [0.25, 0.3) is 0 Å². The lowest BCUT2D eigenvalue weighted by Crippen LogP contribution is -2.38. The lowest BCUT2D eigenvalue weighted by atomic mass is 10.1. The minimum atomic E-state index is -0.482. The van der Waals surface area contributed by atoms with E-state index in [1.54, 1.807) is 0 Å². The number of nitrogens with zero attached hydrogens (tertiary/aromatic N) is 1. The van der Waals surface area contributed by atoms with Gasteiger partial charge >= 0.3 is 6.09 Å². The maximum absolute atomic E-state index is 11.2. The summed E-state index contributed by atoms with van der Waals surface area (Å²) in [5.74, 6) is 0.764. The molecule has 1 unspecified atom stereocenters. The lowest BCUT2D eigenvalue weighted by Gasteiger charge is -2.18. The normalized spacial score (nSPS) is 12.2. The van der Waals surface area contributed by atoms with Crippen molar-refractivity contribution >= 4 is 17.7 Å². The van der Waals surface area contributed by atoms with Crippen LogP contribution in [-0.2, 0) is 11.3 Å². The number of methoxy groups -OCH3 is 1. The summed E-state index contributed by atoms with van der Waals surface area (Å²) < 4.78 is 4.58. The van der Waals surface area contributed by atoms with Crippen LogP contribution in [0.5, 0.6) is 0 Å². The quantitative estimate of drug-likeness (QED) is 0.546. The molecule has 1 amide bonds. The highest BCUT2D eigenvalue weighted by molar-refractivity contribution is 5.84. The summed E-state index contributed by atoms with van der Waals surface area (Å²) in [6.07, 6.45) is -0.482. The fourth-order valence-electron chi connectivity index (χ4n) is 2.38. The SMILES string of the molecule is CCNC(=NCc1ccc(NC(=O)OC)cc1)NC(C)c1ccccc1. The molecule has 0 aromatic heterocycles. The first-order valence-electron chi connectivity index (χ1n) is 8.66. The van der Waals surface area contributed by atoms with Crippen LogP contribution < -0.4 is 16.0 Å². The van der Waals surface area contributed by atoms with E-state index in [1.165, 1.54) is 12.7 Å². The predicted octanol–water partition coefficient (Wildman–Crippen LogP) is 3.68. The standard InChI is InChI=1S/C20H26N4O2/c1-4-21-19(23-15(2)17-8-6-5-7-9-17)22-14-16-10-12-18(13-11-16)24-20(25)26-3/h5-13,15H,4,14H2,1-3H3,(H,24,25)(H2,21,22,23). The molecule has 0 saturated heterocycles. The maximum atomic E-state index is 11.2. The van der Waals surface area contributed by atoms with E-state index >= 15 is 0 Å². The van der Waals surface area contributed by atoms with Crippen molar-refractivity contribution in [2.24, 2.45) is 4.99 Å². The molecule has 0 saturated carbocycles. The topological polar surface area (TPSA) is 74.8 Å². The monoisotopic (exact) mass is 354 g/mol. The second-order valence-electron chi connectivity index (χ2n) is 5.79. The van der Waals surface area contributed by atoms with Crippen LogP contribution in [0.2, 0.25) is 0 Å². The van der Waals surface area contributed by atoms with Gasteiger partial charge in [0.25, 0.3) is 0 Å². The van der Waals surface area contributed by atoms with Crippen molar-refractivity contribution in [2.75, 3.05) is 19.0 Å². The first-order chi connectivity index (χ1) is 12.6.